The van der Waals surface area contributed by atoms with E-state index in [1.165, 1.54) is 19.6 Å². The van der Waals surface area contributed by atoms with Crippen molar-refractivity contribution in [3.8, 4) is 0 Å². The van der Waals surface area contributed by atoms with E-state index in [1.807, 2.05) is 6.07 Å². The third-order valence-electron chi connectivity index (χ3n) is 4.64. The number of nitrogens with zero attached hydrogens (tertiary/aromatic N) is 3. The molecule has 0 saturated heterocycles. The molecule has 3 rings (SSSR count). The zero-order valence-corrected chi connectivity index (χ0v) is 17.9. The Balaban J connectivity index is 1.87. The van der Waals surface area contributed by atoms with Crippen molar-refractivity contribution in [2.45, 2.75) is 18.8 Å². The van der Waals surface area contributed by atoms with E-state index in [4.69, 9.17) is 10.1 Å². The Labute approximate surface area is 185 Å². The standard InChI is InChI=1S/C21H26N8O3/c1-23-20(30)18(22)17(11-24-7-8-32-2)29-21(31)19-16(27-14-9-25-12-26-10-14)6-5-15(28-19)13-3-4-13/h5-6,9-13,22,24,27H,3-4,7-8H2,1-2H3,(H,23,30)(H,29,31)/b17-11+,22-18?. The molecule has 1 saturated carbocycles. The first-order valence-corrected chi connectivity index (χ1v) is 10.1. The molecule has 2 aromatic heterocycles. The molecular weight excluding hydrogens is 412 g/mol. The number of amides is 2. The summed E-state index contributed by atoms with van der Waals surface area (Å²) in [7, 11) is 2.98. The lowest BCUT2D eigenvalue weighted by atomic mass is 10.2. The highest BCUT2D eigenvalue weighted by molar-refractivity contribution is 6.44. The molecule has 0 atom stereocenters. The summed E-state index contributed by atoms with van der Waals surface area (Å²) >= 11 is 0. The zero-order chi connectivity index (χ0) is 22.9. The summed E-state index contributed by atoms with van der Waals surface area (Å²) in [6, 6.07) is 3.67. The van der Waals surface area contributed by atoms with Gasteiger partial charge in [0, 0.05) is 38.5 Å². The number of nitrogens with one attached hydrogen (secondary N) is 5. The average molecular weight is 438 g/mol. The Hall–Kier alpha value is -3.86. The van der Waals surface area contributed by atoms with Gasteiger partial charge in [-0.2, -0.15) is 0 Å². The minimum atomic E-state index is -0.635. The van der Waals surface area contributed by atoms with Crippen LogP contribution in [-0.4, -0.2) is 59.8 Å². The Bertz CT molecular complexity index is 1010. The summed E-state index contributed by atoms with van der Waals surface area (Å²) in [5.74, 6) is -0.851. The second kappa shape index (κ2) is 11.0. The Morgan fingerprint density at radius 1 is 1.25 bits per heavy atom. The third kappa shape index (κ3) is 6.08. The summed E-state index contributed by atoms with van der Waals surface area (Å²) in [5, 5.41) is 19.2. The van der Waals surface area contributed by atoms with E-state index in [9.17, 15) is 9.59 Å². The van der Waals surface area contributed by atoms with Crippen LogP contribution in [0.5, 0.6) is 0 Å². The highest BCUT2D eigenvalue weighted by Crippen LogP contribution is 2.39. The van der Waals surface area contributed by atoms with Crippen molar-refractivity contribution in [2.24, 2.45) is 0 Å². The lowest BCUT2D eigenvalue weighted by Gasteiger charge is -2.15. The van der Waals surface area contributed by atoms with Crippen LogP contribution in [0.1, 0.15) is 34.9 Å². The van der Waals surface area contributed by atoms with Crippen molar-refractivity contribution in [3.63, 3.8) is 0 Å². The summed E-state index contributed by atoms with van der Waals surface area (Å²) < 4.78 is 4.98. The van der Waals surface area contributed by atoms with E-state index >= 15 is 0 Å². The summed E-state index contributed by atoms with van der Waals surface area (Å²) in [5.41, 5.74) is 1.64. The fourth-order valence-electron chi connectivity index (χ4n) is 2.81. The fraction of sp³-hybridized carbons (Fsp3) is 0.333. The summed E-state index contributed by atoms with van der Waals surface area (Å²) in [6.07, 6.45) is 8.03. The van der Waals surface area contributed by atoms with Crippen molar-refractivity contribution in [2.75, 3.05) is 32.6 Å². The maximum absolute atomic E-state index is 13.2. The highest BCUT2D eigenvalue weighted by atomic mass is 16.5. The maximum Gasteiger partial charge on any atom is 0.276 e. The monoisotopic (exact) mass is 438 g/mol. The number of carbonyl (C=O) groups excluding carboxylic acids is 2. The van der Waals surface area contributed by atoms with Gasteiger partial charge in [-0.05, 0) is 25.0 Å². The van der Waals surface area contributed by atoms with Gasteiger partial charge in [0.05, 0.1) is 36.1 Å². The molecule has 0 unspecified atom stereocenters. The number of rotatable bonds is 11. The fourth-order valence-corrected chi connectivity index (χ4v) is 2.81. The molecule has 5 N–H and O–H groups in total. The van der Waals surface area contributed by atoms with Gasteiger partial charge in [0.1, 0.15) is 12.0 Å². The van der Waals surface area contributed by atoms with Gasteiger partial charge in [-0.25, -0.2) is 15.0 Å². The molecule has 2 amide bonds. The molecule has 1 fully saturated rings. The van der Waals surface area contributed by atoms with Crippen molar-refractivity contribution in [3.05, 3.63) is 54.1 Å². The number of ether oxygens (including phenoxy) is 1. The van der Waals surface area contributed by atoms with Gasteiger partial charge in [0.25, 0.3) is 11.8 Å². The van der Waals surface area contributed by atoms with Gasteiger partial charge in [-0.1, -0.05) is 0 Å². The lowest BCUT2D eigenvalue weighted by molar-refractivity contribution is -0.114. The molecule has 11 nitrogen and oxygen atoms in total. The van der Waals surface area contributed by atoms with E-state index in [2.05, 4.69) is 36.2 Å². The normalized spacial score (nSPS) is 13.2. The van der Waals surface area contributed by atoms with E-state index in [0.29, 0.717) is 30.4 Å². The van der Waals surface area contributed by atoms with Crippen molar-refractivity contribution in [1.82, 2.24) is 30.9 Å². The maximum atomic E-state index is 13.2. The molecule has 0 aliphatic heterocycles. The average Bonchev–Trinajstić information content (AvgIpc) is 3.66. The summed E-state index contributed by atoms with van der Waals surface area (Å²) in [6.45, 7) is 0.858. The van der Waals surface area contributed by atoms with Crippen LogP contribution in [0.3, 0.4) is 0 Å². The number of aromatic nitrogens is 3. The first kappa shape index (κ1) is 22.8. The van der Waals surface area contributed by atoms with Gasteiger partial charge in [-0.3, -0.25) is 15.0 Å². The van der Waals surface area contributed by atoms with Gasteiger partial charge in [0.15, 0.2) is 5.69 Å². The second-order valence-electron chi connectivity index (χ2n) is 7.07. The van der Waals surface area contributed by atoms with Crippen LogP contribution in [0.15, 0.2) is 42.8 Å². The van der Waals surface area contributed by atoms with E-state index < -0.39 is 17.5 Å². The third-order valence-corrected chi connectivity index (χ3v) is 4.64. The Morgan fingerprint density at radius 2 is 2.00 bits per heavy atom. The van der Waals surface area contributed by atoms with Crippen LogP contribution in [0.2, 0.25) is 0 Å². The largest absolute Gasteiger partial charge is 0.387 e. The summed E-state index contributed by atoms with van der Waals surface area (Å²) in [4.78, 5) is 37.7. The Morgan fingerprint density at radius 3 is 2.66 bits per heavy atom. The van der Waals surface area contributed by atoms with Gasteiger partial charge in [-0.15, -0.1) is 0 Å². The molecule has 168 valence electrons. The molecular formula is C21H26N8O3. The quantitative estimate of drug-likeness (QED) is 0.258. The molecule has 2 heterocycles. The van der Waals surface area contributed by atoms with Crippen LogP contribution in [0.4, 0.5) is 11.4 Å². The molecule has 11 heteroatoms. The number of pyridine rings is 1. The molecule has 0 bridgehead atoms. The van der Waals surface area contributed by atoms with Crippen LogP contribution in [0.25, 0.3) is 0 Å². The van der Waals surface area contributed by atoms with E-state index in [-0.39, 0.29) is 11.4 Å². The van der Waals surface area contributed by atoms with Gasteiger partial charge < -0.3 is 26.0 Å². The number of anilines is 2. The molecule has 0 radical (unpaired) electrons. The zero-order valence-electron chi connectivity index (χ0n) is 17.9. The predicted molar refractivity (Wildman–Crippen MR) is 119 cm³/mol. The molecule has 2 aromatic rings. The van der Waals surface area contributed by atoms with E-state index in [1.54, 1.807) is 25.6 Å². The lowest BCUT2D eigenvalue weighted by Crippen LogP contribution is -2.37. The minimum Gasteiger partial charge on any atom is -0.387 e. The molecule has 32 heavy (non-hydrogen) atoms. The van der Waals surface area contributed by atoms with Crippen LogP contribution in [0, 0.1) is 5.41 Å². The first-order chi connectivity index (χ1) is 15.5. The first-order valence-electron chi connectivity index (χ1n) is 10.1. The Kier molecular flexibility index (Phi) is 7.81. The second-order valence-corrected chi connectivity index (χ2v) is 7.07. The number of hydrogen-bond donors (Lipinski definition) is 5. The van der Waals surface area contributed by atoms with Crippen LogP contribution in [-0.2, 0) is 9.53 Å². The van der Waals surface area contributed by atoms with Crippen molar-refractivity contribution in [1.29, 1.82) is 5.41 Å². The van der Waals surface area contributed by atoms with Crippen LogP contribution >= 0.6 is 0 Å². The molecule has 0 aromatic carbocycles. The molecule has 1 aliphatic rings. The number of methoxy groups -OCH3 is 1. The molecule has 1 aliphatic carbocycles. The smallest absolute Gasteiger partial charge is 0.276 e. The highest BCUT2D eigenvalue weighted by Gasteiger charge is 2.27. The van der Waals surface area contributed by atoms with Crippen molar-refractivity contribution >= 4 is 28.9 Å². The van der Waals surface area contributed by atoms with Gasteiger partial charge in [0.2, 0.25) is 0 Å². The van der Waals surface area contributed by atoms with E-state index in [0.717, 1.165) is 18.5 Å². The van der Waals surface area contributed by atoms with Crippen LogP contribution < -0.4 is 21.3 Å². The molecule has 0 spiro atoms. The minimum absolute atomic E-state index is 0.0121. The SMILES string of the molecule is CNC(=O)C(=N)/C(=C\NCCOC)NC(=O)c1nc(C2CC2)ccc1Nc1cncnc1. The predicted octanol–water partition coefficient (Wildman–Crippen LogP) is 1.07. The van der Waals surface area contributed by atoms with Crippen molar-refractivity contribution < 1.29 is 14.3 Å². The van der Waals surface area contributed by atoms with Gasteiger partial charge >= 0.3 is 0 Å². The number of carbonyl (C=O) groups is 2. The topological polar surface area (TPSA) is 154 Å². The number of hydrogen-bond acceptors (Lipinski definition) is 9.